The summed E-state index contributed by atoms with van der Waals surface area (Å²) in [6, 6.07) is 17.6. The van der Waals surface area contributed by atoms with Gasteiger partial charge in [0.2, 0.25) is 5.91 Å². The van der Waals surface area contributed by atoms with Crippen molar-refractivity contribution in [1.29, 1.82) is 0 Å². The molecule has 2 aromatic carbocycles. The second-order valence-electron chi connectivity index (χ2n) is 4.20. The van der Waals surface area contributed by atoms with Crippen molar-refractivity contribution in [3.8, 4) is 11.1 Å². The number of hydrogen-bond acceptors (Lipinski definition) is 2. The number of rotatable bonds is 5. The average molecular weight is 266 g/mol. The van der Waals surface area contributed by atoms with E-state index in [-0.39, 0.29) is 18.9 Å². The predicted molar refractivity (Wildman–Crippen MR) is 79.1 cm³/mol. The second kappa shape index (κ2) is 6.97. The zero-order chi connectivity index (χ0) is 14.2. The van der Waals surface area contributed by atoms with Crippen molar-refractivity contribution in [2.24, 2.45) is 5.11 Å². The molecule has 1 N–H and O–H groups in total. The minimum Gasteiger partial charge on any atom is -0.326 e. The van der Waals surface area contributed by atoms with Crippen LogP contribution in [0.1, 0.15) is 6.42 Å². The number of anilines is 1. The number of carbonyl (C=O) groups excluding carboxylic acids is 1. The molecule has 0 saturated carbocycles. The fourth-order valence-corrected chi connectivity index (χ4v) is 1.80. The standard InChI is InChI=1S/C15H14N4O/c16-19-17-11-10-15(20)18-14-8-6-13(7-9-14)12-4-2-1-3-5-12/h1-9H,10-11H2,(H,18,20). The van der Waals surface area contributed by atoms with E-state index in [9.17, 15) is 4.79 Å². The molecule has 20 heavy (non-hydrogen) atoms. The lowest BCUT2D eigenvalue weighted by Gasteiger charge is -2.06. The Bertz CT molecular complexity index is 616. The van der Waals surface area contributed by atoms with Gasteiger partial charge in [-0.1, -0.05) is 47.6 Å². The fraction of sp³-hybridized carbons (Fsp3) is 0.133. The maximum atomic E-state index is 11.5. The molecule has 0 aliphatic rings. The highest BCUT2D eigenvalue weighted by Crippen LogP contribution is 2.20. The molecule has 2 rings (SSSR count). The highest BCUT2D eigenvalue weighted by Gasteiger charge is 2.02. The Morgan fingerprint density at radius 1 is 1.05 bits per heavy atom. The first kappa shape index (κ1) is 13.6. The van der Waals surface area contributed by atoms with Crippen molar-refractivity contribution >= 4 is 11.6 Å². The third-order valence-electron chi connectivity index (χ3n) is 2.78. The molecular weight excluding hydrogens is 252 g/mol. The molecule has 0 heterocycles. The summed E-state index contributed by atoms with van der Waals surface area (Å²) in [5.74, 6) is -0.162. The van der Waals surface area contributed by atoms with Crippen LogP contribution in [-0.4, -0.2) is 12.5 Å². The molecule has 5 nitrogen and oxygen atoms in total. The van der Waals surface area contributed by atoms with Gasteiger partial charge in [-0.3, -0.25) is 4.79 Å². The zero-order valence-electron chi connectivity index (χ0n) is 10.9. The number of azide groups is 1. The van der Waals surface area contributed by atoms with Crippen molar-refractivity contribution < 1.29 is 4.79 Å². The normalized spacial score (nSPS) is 9.60. The van der Waals surface area contributed by atoms with Crippen LogP contribution in [0.15, 0.2) is 59.7 Å². The Morgan fingerprint density at radius 2 is 1.70 bits per heavy atom. The summed E-state index contributed by atoms with van der Waals surface area (Å²) in [7, 11) is 0. The molecule has 0 aliphatic heterocycles. The van der Waals surface area contributed by atoms with Gasteiger partial charge in [0.25, 0.3) is 0 Å². The van der Waals surface area contributed by atoms with E-state index in [4.69, 9.17) is 5.53 Å². The van der Waals surface area contributed by atoms with Gasteiger partial charge in [0, 0.05) is 23.6 Å². The van der Waals surface area contributed by atoms with E-state index in [1.54, 1.807) is 0 Å². The third kappa shape index (κ3) is 3.86. The first-order chi connectivity index (χ1) is 9.79. The van der Waals surface area contributed by atoms with Gasteiger partial charge in [0.05, 0.1) is 0 Å². The van der Waals surface area contributed by atoms with E-state index in [1.165, 1.54) is 0 Å². The lowest BCUT2D eigenvalue weighted by molar-refractivity contribution is -0.116. The largest absolute Gasteiger partial charge is 0.326 e. The first-order valence-electron chi connectivity index (χ1n) is 6.26. The summed E-state index contributed by atoms with van der Waals surface area (Å²) in [4.78, 5) is 14.2. The summed E-state index contributed by atoms with van der Waals surface area (Å²) >= 11 is 0. The smallest absolute Gasteiger partial charge is 0.224 e. The van der Waals surface area contributed by atoms with Crippen molar-refractivity contribution in [3.63, 3.8) is 0 Å². The molecule has 5 heteroatoms. The number of carbonyl (C=O) groups is 1. The Kier molecular flexibility index (Phi) is 4.76. The van der Waals surface area contributed by atoms with Gasteiger partial charge in [0.1, 0.15) is 0 Å². The Morgan fingerprint density at radius 3 is 2.35 bits per heavy atom. The maximum Gasteiger partial charge on any atom is 0.224 e. The molecule has 0 atom stereocenters. The van der Waals surface area contributed by atoms with Crippen LogP contribution >= 0.6 is 0 Å². The monoisotopic (exact) mass is 266 g/mol. The van der Waals surface area contributed by atoms with Gasteiger partial charge in [-0.05, 0) is 28.8 Å². The van der Waals surface area contributed by atoms with Crippen molar-refractivity contribution in [2.75, 3.05) is 11.9 Å². The molecule has 0 fully saturated rings. The van der Waals surface area contributed by atoms with Crippen LogP contribution in [0.4, 0.5) is 5.69 Å². The van der Waals surface area contributed by atoms with Gasteiger partial charge in [-0.25, -0.2) is 0 Å². The maximum absolute atomic E-state index is 11.5. The molecular formula is C15H14N4O. The van der Waals surface area contributed by atoms with Crippen LogP contribution in [0, 0.1) is 0 Å². The molecule has 2 aromatic rings. The van der Waals surface area contributed by atoms with Gasteiger partial charge >= 0.3 is 0 Å². The van der Waals surface area contributed by atoms with Gasteiger partial charge < -0.3 is 5.32 Å². The third-order valence-corrected chi connectivity index (χ3v) is 2.78. The first-order valence-corrected chi connectivity index (χ1v) is 6.26. The number of hydrogen-bond donors (Lipinski definition) is 1. The van der Waals surface area contributed by atoms with Gasteiger partial charge in [-0.15, -0.1) is 0 Å². The predicted octanol–water partition coefficient (Wildman–Crippen LogP) is 3.99. The molecule has 0 unspecified atom stereocenters. The fourth-order valence-electron chi connectivity index (χ4n) is 1.80. The van der Waals surface area contributed by atoms with Crippen molar-refractivity contribution in [3.05, 3.63) is 65.0 Å². The van der Waals surface area contributed by atoms with Crippen molar-refractivity contribution in [1.82, 2.24) is 0 Å². The van der Waals surface area contributed by atoms with Crippen molar-refractivity contribution in [2.45, 2.75) is 6.42 Å². The molecule has 0 saturated heterocycles. The van der Waals surface area contributed by atoms with E-state index >= 15 is 0 Å². The Hall–Kier alpha value is -2.78. The molecule has 0 bridgehead atoms. The summed E-state index contributed by atoms with van der Waals surface area (Å²) in [6.07, 6.45) is 0.185. The van der Waals surface area contributed by atoms with Crippen LogP contribution in [0.2, 0.25) is 0 Å². The Labute approximate surface area is 116 Å². The van der Waals surface area contributed by atoms with E-state index in [0.29, 0.717) is 0 Å². The van der Waals surface area contributed by atoms with E-state index in [2.05, 4.69) is 15.3 Å². The van der Waals surface area contributed by atoms with Gasteiger partial charge in [-0.2, -0.15) is 0 Å². The topological polar surface area (TPSA) is 77.9 Å². The second-order valence-corrected chi connectivity index (χ2v) is 4.20. The minimum atomic E-state index is -0.162. The SMILES string of the molecule is [N-]=[N+]=NCCC(=O)Nc1ccc(-c2ccccc2)cc1. The molecule has 0 aliphatic carbocycles. The van der Waals surface area contributed by atoms with Crippen LogP contribution in [0.25, 0.3) is 21.6 Å². The molecule has 0 aromatic heterocycles. The Balaban J connectivity index is 1.98. The van der Waals surface area contributed by atoms with Gasteiger partial charge in [0.15, 0.2) is 0 Å². The van der Waals surface area contributed by atoms with Crippen LogP contribution in [-0.2, 0) is 4.79 Å². The molecule has 0 spiro atoms. The number of nitrogens with zero attached hydrogens (tertiary/aromatic N) is 3. The average Bonchev–Trinajstić information content (AvgIpc) is 2.49. The van der Waals surface area contributed by atoms with E-state index in [1.807, 2.05) is 54.6 Å². The summed E-state index contributed by atoms with van der Waals surface area (Å²) < 4.78 is 0. The molecule has 0 radical (unpaired) electrons. The number of nitrogens with one attached hydrogen (secondary N) is 1. The van der Waals surface area contributed by atoms with E-state index < -0.39 is 0 Å². The summed E-state index contributed by atoms with van der Waals surface area (Å²) in [5, 5.41) is 6.08. The highest BCUT2D eigenvalue weighted by atomic mass is 16.1. The molecule has 1 amide bonds. The number of benzene rings is 2. The molecule has 100 valence electrons. The summed E-state index contributed by atoms with van der Waals surface area (Å²) in [5.41, 5.74) is 11.1. The number of amides is 1. The minimum absolute atomic E-state index is 0.162. The lowest BCUT2D eigenvalue weighted by atomic mass is 10.1. The highest BCUT2D eigenvalue weighted by molar-refractivity contribution is 5.91. The van der Waals surface area contributed by atoms with Crippen LogP contribution < -0.4 is 5.32 Å². The van der Waals surface area contributed by atoms with E-state index in [0.717, 1.165) is 16.8 Å². The zero-order valence-corrected chi connectivity index (χ0v) is 10.9. The quantitative estimate of drug-likeness (QED) is 0.495. The summed E-state index contributed by atoms with van der Waals surface area (Å²) in [6.45, 7) is 0.171. The van der Waals surface area contributed by atoms with Crippen LogP contribution in [0.5, 0.6) is 0 Å². The lowest BCUT2D eigenvalue weighted by Crippen LogP contribution is -2.12. The van der Waals surface area contributed by atoms with Crippen LogP contribution in [0.3, 0.4) is 0 Å².